The maximum Gasteiger partial charge on any atom is 0.216 e. The number of carbonyl (C=O) groups is 1. The maximum atomic E-state index is 12.2. The summed E-state index contributed by atoms with van der Waals surface area (Å²) >= 11 is 0. The van der Waals surface area contributed by atoms with E-state index in [1.54, 1.807) is 0 Å². The highest BCUT2D eigenvalue weighted by Crippen LogP contribution is 2.71. The summed E-state index contributed by atoms with van der Waals surface area (Å²) in [5, 5.41) is 9.17. The van der Waals surface area contributed by atoms with Crippen molar-refractivity contribution in [2.45, 2.75) is 32.3 Å². The third-order valence-corrected chi connectivity index (χ3v) is 5.06. The van der Waals surface area contributed by atoms with Crippen molar-refractivity contribution in [3.05, 3.63) is 0 Å². The highest BCUT2D eigenvalue weighted by molar-refractivity contribution is 6.00. The molecule has 0 spiro atoms. The Morgan fingerprint density at radius 2 is 2.29 bits per heavy atom. The summed E-state index contributed by atoms with van der Waals surface area (Å²) in [5.74, 6) is 0.176. The van der Waals surface area contributed by atoms with Crippen LogP contribution >= 0.6 is 0 Å². The monoisotopic (exact) mass is 191 g/mol. The standard InChI is InChI=1S/C11H13NO2/c1-9-4-3-7-10(9,2)6-14-11(7,5-12)8(9)13/h7H,3-4,6H2,1-2H3. The average molecular weight is 191 g/mol. The average Bonchev–Trinajstić information content (AvgIpc) is 2.65. The summed E-state index contributed by atoms with van der Waals surface area (Å²) in [7, 11) is 0. The van der Waals surface area contributed by atoms with Crippen molar-refractivity contribution in [3.63, 3.8) is 0 Å². The van der Waals surface area contributed by atoms with Gasteiger partial charge in [-0.25, -0.2) is 0 Å². The lowest BCUT2D eigenvalue weighted by atomic mass is 9.69. The minimum Gasteiger partial charge on any atom is -0.352 e. The van der Waals surface area contributed by atoms with Gasteiger partial charge in [-0.15, -0.1) is 0 Å². The molecule has 0 amide bonds. The van der Waals surface area contributed by atoms with Gasteiger partial charge in [0.2, 0.25) is 5.60 Å². The number of ether oxygens (including phenoxy) is 1. The van der Waals surface area contributed by atoms with Gasteiger partial charge in [0, 0.05) is 16.7 Å². The summed E-state index contributed by atoms with van der Waals surface area (Å²) in [5.41, 5.74) is -1.47. The van der Waals surface area contributed by atoms with Crippen molar-refractivity contribution in [2.24, 2.45) is 16.7 Å². The van der Waals surface area contributed by atoms with Crippen molar-refractivity contribution in [1.29, 1.82) is 5.26 Å². The first-order valence-electron chi connectivity index (χ1n) is 5.11. The van der Waals surface area contributed by atoms with Crippen LogP contribution in [0, 0.1) is 28.1 Å². The van der Waals surface area contributed by atoms with E-state index in [4.69, 9.17) is 10.00 Å². The molecule has 1 heterocycles. The molecule has 4 bridgehead atoms. The van der Waals surface area contributed by atoms with Crippen LogP contribution in [0.2, 0.25) is 0 Å². The van der Waals surface area contributed by atoms with Crippen LogP contribution in [0.5, 0.6) is 0 Å². The Kier molecular flexibility index (Phi) is 1.14. The van der Waals surface area contributed by atoms with Gasteiger partial charge in [0.25, 0.3) is 0 Å². The number of nitriles is 1. The van der Waals surface area contributed by atoms with E-state index in [0.717, 1.165) is 12.8 Å². The zero-order valence-corrected chi connectivity index (χ0v) is 8.46. The fourth-order valence-corrected chi connectivity index (χ4v) is 3.87. The van der Waals surface area contributed by atoms with E-state index in [-0.39, 0.29) is 22.5 Å². The van der Waals surface area contributed by atoms with Gasteiger partial charge in [-0.2, -0.15) is 5.26 Å². The molecule has 4 atom stereocenters. The normalized spacial score (nSPS) is 59.2. The minimum atomic E-state index is -1.08. The Balaban J connectivity index is 2.27. The summed E-state index contributed by atoms with van der Waals surface area (Å²) in [6.45, 7) is 4.69. The van der Waals surface area contributed by atoms with E-state index in [2.05, 4.69) is 13.0 Å². The zero-order valence-electron chi connectivity index (χ0n) is 8.46. The molecule has 4 unspecified atom stereocenters. The molecule has 14 heavy (non-hydrogen) atoms. The van der Waals surface area contributed by atoms with E-state index in [9.17, 15) is 4.79 Å². The predicted octanol–water partition coefficient (Wildman–Crippen LogP) is 1.28. The number of Topliss-reactive ketones (excluding diaryl/α,β-unsaturated/α-hetero) is 1. The number of rotatable bonds is 0. The molecule has 0 aromatic rings. The summed E-state index contributed by atoms with van der Waals surface area (Å²) < 4.78 is 5.49. The molecule has 3 rings (SSSR count). The van der Waals surface area contributed by atoms with Crippen LogP contribution in [-0.4, -0.2) is 18.0 Å². The predicted molar refractivity (Wildman–Crippen MR) is 48.2 cm³/mol. The van der Waals surface area contributed by atoms with Gasteiger partial charge >= 0.3 is 0 Å². The SMILES string of the molecule is CC12CCC3C(C#N)(OCC31C)C2=O. The second kappa shape index (κ2) is 1.90. The van der Waals surface area contributed by atoms with Crippen LogP contribution in [0.1, 0.15) is 26.7 Å². The van der Waals surface area contributed by atoms with Crippen LogP contribution in [0.25, 0.3) is 0 Å². The van der Waals surface area contributed by atoms with Crippen molar-refractivity contribution in [3.8, 4) is 6.07 Å². The zero-order chi connectivity index (χ0) is 10.2. The largest absolute Gasteiger partial charge is 0.352 e. The summed E-state index contributed by atoms with van der Waals surface area (Å²) in [4.78, 5) is 12.2. The molecule has 0 aromatic carbocycles. The van der Waals surface area contributed by atoms with E-state index in [1.807, 2.05) is 6.92 Å². The lowest BCUT2D eigenvalue weighted by Crippen LogP contribution is -2.50. The molecule has 0 radical (unpaired) electrons. The smallest absolute Gasteiger partial charge is 0.216 e. The molecule has 1 aliphatic heterocycles. The molecule has 74 valence electrons. The first-order chi connectivity index (χ1) is 6.51. The third kappa shape index (κ3) is 0.492. The van der Waals surface area contributed by atoms with Crippen LogP contribution < -0.4 is 0 Å². The summed E-state index contributed by atoms with van der Waals surface area (Å²) in [6.07, 6.45) is 1.89. The van der Waals surface area contributed by atoms with Gasteiger partial charge < -0.3 is 4.74 Å². The number of ketones is 1. The molecule has 0 aromatic heterocycles. The maximum absolute atomic E-state index is 12.2. The Bertz CT molecular complexity index is 385. The molecule has 2 saturated carbocycles. The highest BCUT2D eigenvalue weighted by atomic mass is 16.5. The molecule has 0 N–H and O–H groups in total. The molecule has 2 aliphatic carbocycles. The second-order valence-corrected chi connectivity index (χ2v) is 5.31. The number of hydrogen-bond acceptors (Lipinski definition) is 3. The quantitative estimate of drug-likeness (QED) is 0.579. The Hall–Kier alpha value is -0.880. The Morgan fingerprint density at radius 1 is 1.57 bits per heavy atom. The molecule has 1 saturated heterocycles. The lowest BCUT2D eigenvalue weighted by Gasteiger charge is -2.38. The first kappa shape index (κ1) is 8.43. The van der Waals surface area contributed by atoms with Gasteiger partial charge in [-0.05, 0) is 12.8 Å². The first-order valence-corrected chi connectivity index (χ1v) is 5.11. The molecule has 3 fully saturated rings. The van der Waals surface area contributed by atoms with Crippen LogP contribution in [0.15, 0.2) is 0 Å². The number of nitrogens with zero attached hydrogens (tertiary/aromatic N) is 1. The molecule has 3 heteroatoms. The van der Waals surface area contributed by atoms with Gasteiger partial charge in [0.15, 0.2) is 5.78 Å². The Morgan fingerprint density at radius 3 is 2.71 bits per heavy atom. The van der Waals surface area contributed by atoms with Crippen LogP contribution in [-0.2, 0) is 9.53 Å². The van der Waals surface area contributed by atoms with E-state index in [1.165, 1.54) is 0 Å². The molecule has 3 aliphatic rings. The van der Waals surface area contributed by atoms with Crippen LogP contribution in [0.3, 0.4) is 0 Å². The minimum absolute atomic E-state index is 0.0394. The topological polar surface area (TPSA) is 50.1 Å². The highest BCUT2D eigenvalue weighted by Gasteiger charge is 2.80. The van der Waals surface area contributed by atoms with Crippen molar-refractivity contribution in [2.75, 3.05) is 6.61 Å². The summed E-state index contributed by atoms with van der Waals surface area (Å²) in [6, 6.07) is 2.13. The molecule has 3 nitrogen and oxygen atoms in total. The fraction of sp³-hybridized carbons (Fsp3) is 0.818. The van der Waals surface area contributed by atoms with Gasteiger partial charge in [0.1, 0.15) is 6.07 Å². The fourth-order valence-electron chi connectivity index (χ4n) is 3.87. The number of carbonyl (C=O) groups excluding carboxylic acids is 1. The van der Waals surface area contributed by atoms with E-state index in [0.29, 0.717) is 6.61 Å². The van der Waals surface area contributed by atoms with Gasteiger partial charge in [-0.1, -0.05) is 13.8 Å². The Labute approximate surface area is 83.0 Å². The number of hydrogen-bond donors (Lipinski definition) is 0. The van der Waals surface area contributed by atoms with E-state index >= 15 is 0 Å². The van der Waals surface area contributed by atoms with Crippen molar-refractivity contribution in [1.82, 2.24) is 0 Å². The van der Waals surface area contributed by atoms with E-state index < -0.39 is 5.60 Å². The lowest BCUT2D eigenvalue weighted by molar-refractivity contribution is -0.154. The van der Waals surface area contributed by atoms with Crippen LogP contribution in [0.4, 0.5) is 0 Å². The molecular formula is C11H13NO2. The van der Waals surface area contributed by atoms with Gasteiger partial charge in [-0.3, -0.25) is 4.79 Å². The third-order valence-electron chi connectivity index (χ3n) is 5.06. The molecular weight excluding hydrogens is 178 g/mol. The van der Waals surface area contributed by atoms with Crippen molar-refractivity contribution < 1.29 is 9.53 Å². The van der Waals surface area contributed by atoms with Crippen molar-refractivity contribution >= 4 is 5.78 Å². The van der Waals surface area contributed by atoms with Gasteiger partial charge in [0.05, 0.1) is 6.61 Å². The second-order valence-electron chi connectivity index (χ2n) is 5.31.